The largest absolute Gasteiger partial charge is 0.349 e. The Bertz CT molecular complexity index is 1090. The van der Waals surface area contributed by atoms with Crippen LogP contribution in [0.2, 0.25) is 5.02 Å². The van der Waals surface area contributed by atoms with Gasteiger partial charge in [0.2, 0.25) is 5.91 Å². The van der Waals surface area contributed by atoms with Gasteiger partial charge in [-0.1, -0.05) is 41.9 Å². The summed E-state index contributed by atoms with van der Waals surface area (Å²) in [7, 11) is 3.56. The summed E-state index contributed by atoms with van der Waals surface area (Å²) in [6.07, 6.45) is 1.38. The predicted molar refractivity (Wildman–Crippen MR) is 120 cm³/mol. The van der Waals surface area contributed by atoms with E-state index < -0.39 is 0 Å². The zero-order chi connectivity index (χ0) is 21.3. The molecule has 0 saturated carbocycles. The Morgan fingerprint density at radius 1 is 1.03 bits per heavy atom. The molecule has 0 radical (unpaired) electrons. The van der Waals surface area contributed by atoms with E-state index in [0.29, 0.717) is 36.5 Å². The van der Waals surface area contributed by atoms with E-state index in [1.54, 1.807) is 19.0 Å². The van der Waals surface area contributed by atoms with Crippen LogP contribution in [-0.4, -0.2) is 53.8 Å². The second kappa shape index (κ2) is 8.44. The van der Waals surface area contributed by atoms with Crippen molar-refractivity contribution >= 4 is 34.3 Å². The van der Waals surface area contributed by atoms with Crippen LogP contribution in [0.4, 0.5) is 0 Å². The highest BCUT2D eigenvalue weighted by atomic mass is 35.5. The summed E-state index contributed by atoms with van der Waals surface area (Å²) in [5.74, 6) is 0.115. The van der Waals surface area contributed by atoms with E-state index in [4.69, 9.17) is 16.6 Å². The number of carbonyl (C=O) groups excluding carboxylic acids is 2. The maximum atomic E-state index is 13.4. The highest BCUT2D eigenvalue weighted by Crippen LogP contribution is 2.28. The van der Waals surface area contributed by atoms with E-state index >= 15 is 0 Å². The first kappa shape index (κ1) is 20.4. The molecule has 5 nitrogen and oxygen atoms in total. The van der Waals surface area contributed by atoms with E-state index in [2.05, 4.69) is 0 Å². The number of pyridine rings is 1. The van der Waals surface area contributed by atoms with Gasteiger partial charge in [0.05, 0.1) is 16.8 Å². The number of hydrogen-bond donors (Lipinski definition) is 0. The monoisotopic (exact) mass is 421 g/mol. The molecule has 30 heavy (non-hydrogen) atoms. The van der Waals surface area contributed by atoms with Crippen molar-refractivity contribution in [1.29, 1.82) is 0 Å². The Balaban J connectivity index is 1.65. The third-order valence-electron chi connectivity index (χ3n) is 5.66. The lowest BCUT2D eigenvalue weighted by molar-refractivity contribution is -0.134. The minimum Gasteiger partial charge on any atom is -0.349 e. The number of hydrogen-bond acceptors (Lipinski definition) is 3. The number of amides is 2. The van der Waals surface area contributed by atoms with Crippen LogP contribution < -0.4 is 0 Å². The summed E-state index contributed by atoms with van der Waals surface area (Å²) in [6, 6.07) is 17.0. The molecule has 2 aromatic carbocycles. The molecule has 1 aliphatic rings. The molecule has 2 heterocycles. The third-order valence-corrected chi connectivity index (χ3v) is 5.91. The fourth-order valence-electron chi connectivity index (χ4n) is 3.99. The van der Waals surface area contributed by atoms with Crippen LogP contribution in [0, 0.1) is 5.92 Å². The van der Waals surface area contributed by atoms with Crippen molar-refractivity contribution < 1.29 is 9.59 Å². The molecule has 0 aliphatic carbocycles. The van der Waals surface area contributed by atoms with Gasteiger partial charge in [0.25, 0.3) is 5.91 Å². The molecule has 3 aromatic rings. The first-order valence-corrected chi connectivity index (χ1v) is 10.5. The highest BCUT2D eigenvalue weighted by molar-refractivity contribution is 6.30. The van der Waals surface area contributed by atoms with Gasteiger partial charge in [-0.25, -0.2) is 4.98 Å². The Hall–Kier alpha value is -2.92. The molecule has 1 fully saturated rings. The number of halogens is 1. The van der Waals surface area contributed by atoms with Crippen LogP contribution in [0.1, 0.15) is 23.2 Å². The van der Waals surface area contributed by atoms with Crippen molar-refractivity contribution in [3.8, 4) is 11.3 Å². The van der Waals surface area contributed by atoms with Crippen molar-refractivity contribution in [3.05, 3.63) is 65.2 Å². The minimum atomic E-state index is -0.0143. The minimum absolute atomic E-state index is 0.0112. The SMILES string of the molecule is CN(C)C(=O)C1CCN(C(=O)c2cc(-c3ccc(Cl)cc3)nc3ccccc23)CC1. The second-order valence-electron chi connectivity index (χ2n) is 7.88. The quantitative estimate of drug-likeness (QED) is 0.625. The van der Waals surface area contributed by atoms with Gasteiger partial charge >= 0.3 is 0 Å². The number of likely N-dealkylation sites (tertiary alicyclic amines) is 1. The van der Waals surface area contributed by atoms with Crippen molar-refractivity contribution in [2.45, 2.75) is 12.8 Å². The lowest BCUT2D eigenvalue weighted by atomic mass is 9.94. The molecule has 6 heteroatoms. The summed E-state index contributed by atoms with van der Waals surface area (Å²) in [6.45, 7) is 1.16. The average Bonchev–Trinajstić information content (AvgIpc) is 2.78. The van der Waals surface area contributed by atoms with Crippen LogP contribution in [0.15, 0.2) is 54.6 Å². The van der Waals surface area contributed by atoms with Crippen molar-refractivity contribution in [1.82, 2.24) is 14.8 Å². The summed E-state index contributed by atoms with van der Waals surface area (Å²) in [5, 5.41) is 1.50. The number of benzene rings is 2. The van der Waals surface area contributed by atoms with Gasteiger partial charge < -0.3 is 9.80 Å². The normalized spacial score (nSPS) is 14.7. The number of carbonyl (C=O) groups is 2. The summed E-state index contributed by atoms with van der Waals surface area (Å²) in [5.41, 5.74) is 3.08. The smallest absolute Gasteiger partial charge is 0.254 e. The number of nitrogens with zero attached hydrogens (tertiary/aromatic N) is 3. The fraction of sp³-hybridized carbons (Fsp3) is 0.292. The van der Waals surface area contributed by atoms with E-state index in [1.807, 2.05) is 59.5 Å². The van der Waals surface area contributed by atoms with Crippen LogP contribution in [-0.2, 0) is 4.79 Å². The molecular weight excluding hydrogens is 398 g/mol. The van der Waals surface area contributed by atoms with Gasteiger partial charge in [-0.2, -0.15) is 0 Å². The maximum Gasteiger partial charge on any atom is 0.254 e. The lowest BCUT2D eigenvalue weighted by Crippen LogP contribution is -2.42. The van der Waals surface area contributed by atoms with Crippen molar-refractivity contribution in [3.63, 3.8) is 0 Å². The standard InChI is InChI=1S/C24H24ClN3O2/c1-27(2)23(29)17-11-13-28(14-12-17)24(30)20-15-22(16-7-9-18(25)10-8-16)26-21-6-4-3-5-19(20)21/h3-10,15,17H,11-14H2,1-2H3. The number of rotatable bonds is 3. The van der Waals surface area contributed by atoms with Gasteiger partial charge in [0.1, 0.15) is 0 Å². The topological polar surface area (TPSA) is 53.5 Å². The van der Waals surface area contributed by atoms with E-state index in [-0.39, 0.29) is 17.7 Å². The van der Waals surface area contributed by atoms with Crippen LogP contribution in [0.25, 0.3) is 22.2 Å². The highest BCUT2D eigenvalue weighted by Gasteiger charge is 2.29. The van der Waals surface area contributed by atoms with Gasteiger partial charge in [-0.05, 0) is 37.1 Å². The summed E-state index contributed by atoms with van der Waals surface area (Å²) >= 11 is 6.02. The summed E-state index contributed by atoms with van der Waals surface area (Å²) in [4.78, 5) is 33.9. The van der Waals surface area contributed by atoms with Crippen molar-refractivity contribution in [2.75, 3.05) is 27.2 Å². The molecule has 1 aliphatic heterocycles. The van der Waals surface area contributed by atoms with Gasteiger partial charge in [-0.15, -0.1) is 0 Å². The van der Waals surface area contributed by atoms with E-state index in [1.165, 1.54) is 0 Å². The number of piperidine rings is 1. The number of fused-ring (bicyclic) bond motifs is 1. The Kier molecular flexibility index (Phi) is 5.73. The van der Waals surface area contributed by atoms with Crippen LogP contribution in [0.5, 0.6) is 0 Å². The first-order valence-electron chi connectivity index (χ1n) is 10.1. The fourth-order valence-corrected chi connectivity index (χ4v) is 4.11. The molecular formula is C24H24ClN3O2. The summed E-state index contributed by atoms with van der Waals surface area (Å²) < 4.78 is 0. The molecule has 154 valence electrons. The Morgan fingerprint density at radius 2 is 1.70 bits per heavy atom. The number of aromatic nitrogens is 1. The van der Waals surface area contributed by atoms with Gasteiger partial charge in [0, 0.05) is 49.1 Å². The predicted octanol–water partition coefficient (Wildman–Crippen LogP) is 4.50. The van der Waals surface area contributed by atoms with Crippen LogP contribution >= 0.6 is 11.6 Å². The number of para-hydroxylation sites is 1. The maximum absolute atomic E-state index is 13.4. The molecule has 0 atom stereocenters. The second-order valence-corrected chi connectivity index (χ2v) is 8.31. The van der Waals surface area contributed by atoms with E-state index in [0.717, 1.165) is 22.2 Å². The first-order chi connectivity index (χ1) is 14.4. The molecule has 2 amide bonds. The molecule has 0 unspecified atom stereocenters. The Morgan fingerprint density at radius 3 is 2.37 bits per heavy atom. The molecule has 0 spiro atoms. The molecule has 0 N–H and O–H groups in total. The Labute approximate surface area is 181 Å². The molecule has 1 saturated heterocycles. The third kappa shape index (κ3) is 4.03. The zero-order valence-corrected chi connectivity index (χ0v) is 17.9. The molecule has 4 rings (SSSR count). The lowest BCUT2D eigenvalue weighted by Gasteiger charge is -2.32. The van der Waals surface area contributed by atoms with E-state index in [9.17, 15) is 9.59 Å². The average molecular weight is 422 g/mol. The van der Waals surface area contributed by atoms with Crippen molar-refractivity contribution in [2.24, 2.45) is 5.92 Å². The van der Waals surface area contributed by atoms with Gasteiger partial charge in [-0.3, -0.25) is 9.59 Å². The molecule has 0 bridgehead atoms. The van der Waals surface area contributed by atoms with Crippen LogP contribution in [0.3, 0.4) is 0 Å². The zero-order valence-electron chi connectivity index (χ0n) is 17.1. The molecule has 1 aromatic heterocycles. The van der Waals surface area contributed by atoms with Gasteiger partial charge in [0.15, 0.2) is 0 Å².